The normalized spacial score (nSPS) is 11.7. The molecule has 0 spiro atoms. The van der Waals surface area contributed by atoms with E-state index >= 15 is 0 Å². The van der Waals surface area contributed by atoms with E-state index in [9.17, 15) is 19.8 Å². The fraction of sp³-hybridized carbons (Fsp3) is 0.860. The molecule has 0 rings (SSSR count). The van der Waals surface area contributed by atoms with E-state index in [0.29, 0.717) is 45.4 Å². The second-order valence-electron chi connectivity index (χ2n) is 14.2. The number of nitrogens with zero attached hydrogens (tertiary/aromatic N) is 2. The highest BCUT2D eigenvalue weighted by Crippen LogP contribution is 2.13. The van der Waals surface area contributed by atoms with Gasteiger partial charge in [0.05, 0.1) is 13.2 Å². The van der Waals surface area contributed by atoms with Crippen LogP contribution in [-0.4, -0.2) is 71.2 Å². The molecule has 6 nitrogen and oxygen atoms in total. The first kappa shape index (κ1) is 47.3. The highest BCUT2D eigenvalue weighted by atomic mass is 16.3. The maximum atomic E-state index is 12.9. The molecule has 0 aromatic rings. The van der Waals surface area contributed by atoms with Crippen LogP contribution in [0.1, 0.15) is 200 Å². The summed E-state index contributed by atoms with van der Waals surface area (Å²) in [6.45, 7) is 6.18. The molecule has 0 aromatic carbocycles. The Morgan fingerprint density at radius 2 is 0.673 bits per heavy atom. The Bertz CT molecular complexity index is 707. The standard InChI is InChI=1S/C43H82N2O4/c1-3-5-7-9-11-13-15-17-19-21-23-25-27-29-31-34-42(48)44(38-40-46)36-33-37-45(39-41-47)43(49)35-32-30-28-26-24-22-20-18-16-14-12-10-8-6-4-2/h17-20,46-47H,3-16,21-41H2,1-2H3/b19-17-,20-18-. The van der Waals surface area contributed by atoms with Crippen molar-refractivity contribution < 1.29 is 19.8 Å². The molecule has 0 heterocycles. The van der Waals surface area contributed by atoms with Crippen molar-refractivity contribution in [1.82, 2.24) is 9.80 Å². The van der Waals surface area contributed by atoms with Crippen LogP contribution in [0.3, 0.4) is 0 Å². The summed E-state index contributed by atoms with van der Waals surface area (Å²) in [6.07, 6.45) is 43.2. The topological polar surface area (TPSA) is 81.1 Å². The van der Waals surface area contributed by atoms with Gasteiger partial charge in [-0.25, -0.2) is 0 Å². The van der Waals surface area contributed by atoms with Crippen molar-refractivity contribution in [3.63, 3.8) is 0 Å². The molecule has 288 valence electrons. The quantitative estimate of drug-likeness (QED) is 0.0499. The van der Waals surface area contributed by atoms with Crippen LogP contribution >= 0.6 is 0 Å². The second kappa shape index (κ2) is 39.1. The number of aliphatic hydroxyl groups excluding tert-OH is 2. The van der Waals surface area contributed by atoms with E-state index in [1.807, 2.05) is 0 Å². The summed E-state index contributed by atoms with van der Waals surface area (Å²) in [6, 6.07) is 0. The third-order valence-electron chi connectivity index (χ3n) is 9.61. The number of hydrogen-bond acceptors (Lipinski definition) is 4. The van der Waals surface area contributed by atoms with Crippen molar-refractivity contribution >= 4 is 11.8 Å². The van der Waals surface area contributed by atoms with Gasteiger partial charge in [0.25, 0.3) is 0 Å². The summed E-state index contributed by atoms with van der Waals surface area (Å²) in [5.41, 5.74) is 0. The van der Waals surface area contributed by atoms with Gasteiger partial charge in [0, 0.05) is 39.0 Å². The number of carbonyl (C=O) groups excluding carboxylic acids is 2. The smallest absolute Gasteiger partial charge is 0.222 e. The molecule has 0 aliphatic heterocycles. The number of aliphatic hydroxyl groups is 2. The Labute approximate surface area is 304 Å². The minimum absolute atomic E-state index is 0.0487. The predicted octanol–water partition coefficient (Wildman–Crippen LogP) is 11.1. The van der Waals surface area contributed by atoms with Crippen molar-refractivity contribution in [3.8, 4) is 0 Å². The molecule has 0 unspecified atom stereocenters. The summed E-state index contributed by atoms with van der Waals surface area (Å²) in [5.74, 6) is 0.194. The number of hydrogen-bond donors (Lipinski definition) is 2. The van der Waals surface area contributed by atoms with Crippen molar-refractivity contribution in [2.24, 2.45) is 0 Å². The molecular formula is C43H82N2O4. The Hall–Kier alpha value is -1.66. The molecule has 0 bridgehead atoms. The van der Waals surface area contributed by atoms with Crippen molar-refractivity contribution in [3.05, 3.63) is 24.3 Å². The van der Waals surface area contributed by atoms with Crippen LogP contribution in [0.15, 0.2) is 24.3 Å². The number of amides is 2. The van der Waals surface area contributed by atoms with E-state index in [2.05, 4.69) is 38.2 Å². The molecule has 0 aromatic heterocycles. The highest BCUT2D eigenvalue weighted by Gasteiger charge is 2.16. The number of rotatable bonds is 38. The van der Waals surface area contributed by atoms with Gasteiger partial charge in [0.2, 0.25) is 11.8 Å². The number of carbonyl (C=O) groups is 2. The maximum Gasteiger partial charge on any atom is 0.222 e. The van der Waals surface area contributed by atoms with Gasteiger partial charge in [0.15, 0.2) is 0 Å². The zero-order chi connectivity index (χ0) is 35.9. The maximum absolute atomic E-state index is 12.9. The molecule has 0 saturated carbocycles. The second-order valence-corrected chi connectivity index (χ2v) is 14.2. The largest absolute Gasteiger partial charge is 0.395 e. The van der Waals surface area contributed by atoms with Gasteiger partial charge in [-0.3, -0.25) is 9.59 Å². The van der Waals surface area contributed by atoms with Gasteiger partial charge >= 0.3 is 0 Å². The molecule has 0 aliphatic carbocycles. The summed E-state index contributed by atoms with van der Waals surface area (Å²) in [4.78, 5) is 29.2. The first-order valence-electron chi connectivity index (χ1n) is 21.2. The summed E-state index contributed by atoms with van der Waals surface area (Å²) >= 11 is 0. The lowest BCUT2D eigenvalue weighted by Crippen LogP contribution is -2.38. The van der Waals surface area contributed by atoms with Crippen LogP contribution in [-0.2, 0) is 9.59 Å². The monoisotopic (exact) mass is 691 g/mol. The van der Waals surface area contributed by atoms with Crippen LogP contribution in [0.25, 0.3) is 0 Å². The van der Waals surface area contributed by atoms with Crippen LogP contribution in [0.5, 0.6) is 0 Å². The molecule has 0 radical (unpaired) electrons. The lowest BCUT2D eigenvalue weighted by atomic mass is 10.1. The lowest BCUT2D eigenvalue weighted by Gasteiger charge is -2.25. The molecule has 0 aliphatic rings. The molecule has 0 atom stereocenters. The van der Waals surface area contributed by atoms with Crippen LogP contribution < -0.4 is 0 Å². The Morgan fingerprint density at radius 1 is 0.388 bits per heavy atom. The number of unbranched alkanes of at least 4 members (excludes halogenated alkanes) is 22. The summed E-state index contributed by atoms with van der Waals surface area (Å²) in [7, 11) is 0. The van der Waals surface area contributed by atoms with Crippen LogP contribution in [0, 0.1) is 0 Å². The van der Waals surface area contributed by atoms with E-state index in [1.54, 1.807) is 9.80 Å². The molecule has 2 amide bonds. The van der Waals surface area contributed by atoms with E-state index in [-0.39, 0.29) is 25.0 Å². The van der Waals surface area contributed by atoms with E-state index in [1.165, 1.54) is 116 Å². The Balaban J connectivity index is 3.99. The van der Waals surface area contributed by atoms with Gasteiger partial charge in [0.1, 0.15) is 0 Å². The van der Waals surface area contributed by atoms with Gasteiger partial charge in [-0.15, -0.1) is 0 Å². The average Bonchev–Trinajstić information content (AvgIpc) is 3.10. The lowest BCUT2D eigenvalue weighted by molar-refractivity contribution is -0.132. The van der Waals surface area contributed by atoms with Crippen molar-refractivity contribution in [2.75, 3.05) is 39.4 Å². The predicted molar refractivity (Wildman–Crippen MR) is 211 cm³/mol. The third-order valence-corrected chi connectivity index (χ3v) is 9.61. The Kier molecular flexibility index (Phi) is 37.8. The SMILES string of the molecule is CCCCCCCC/C=C\CCCCCCCC(=O)N(CCO)CCCN(CCO)C(=O)CCCCCCC/C=C\CCCCCCCC. The zero-order valence-electron chi connectivity index (χ0n) is 32.7. The molecule has 0 saturated heterocycles. The fourth-order valence-corrected chi connectivity index (χ4v) is 6.43. The van der Waals surface area contributed by atoms with Crippen LogP contribution in [0.4, 0.5) is 0 Å². The van der Waals surface area contributed by atoms with Gasteiger partial charge in [-0.1, -0.05) is 141 Å². The molecule has 6 heteroatoms. The molecule has 0 fully saturated rings. The van der Waals surface area contributed by atoms with Gasteiger partial charge in [-0.2, -0.15) is 0 Å². The van der Waals surface area contributed by atoms with Gasteiger partial charge < -0.3 is 20.0 Å². The highest BCUT2D eigenvalue weighted by molar-refractivity contribution is 5.76. The zero-order valence-corrected chi connectivity index (χ0v) is 32.7. The van der Waals surface area contributed by atoms with E-state index in [4.69, 9.17) is 0 Å². The summed E-state index contributed by atoms with van der Waals surface area (Å²) < 4.78 is 0. The molecular weight excluding hydrogens is 608 g/mol. The third kappa shape index (κ3) is 33.3. The van der Waals surface area contributed by atoms with E-state index in [0.717, 1.165) is 51.4 Å². The van der Waals surface area contributed by atoms with Gasteiger partial charge in [-0.05, 0) is 70.6 Å². The molecule has 49 heavy (non-hydrogen) atoms. The van der Waals surface area contributed by atoms with E-state index < -0.39 is 0 Å². The Morgan fingerprint density at radius 3 is 0.980 bits per heavy atom. The van der Waals surface area contributed by atoms with Crippen LogP contribution in [0.2, 0.25) is 0 Å². The number of allylic oxidation sites excluding steroid dienone is 4. The first-order chi connectivity index (χ1) is 24.1. The molecule has 2 N–H and O–H groups in total. The first-order valence-corrected chi connectivity index (χ1v) is 21.2. The fourth-order valence-electron chi connectivity index (χ4n) is 6.43. The van der Waals surface area contributed by atoms with Crippen molar-refractivity contribution in [1.29, 1.82) is 0 Å². The summed E-state index contributed by atoms with van der Waals surface area (Å²) in [5, 5.41) is 19.1. The van der Waals surface area contributed by atoms with Crippen molar-refractivity contribution in [2.45, 2.75) is 200 Å². The minimum Gasteiger partial charge on any atom is -0.395 e. The minimum atomic E-state index is -0.0487. The average molecular weight is 691 g/mol.